The van der Waals surface area contributed by atoms with Gasteiger partial charge in [0.2, 0.25) is 0 Å². The molecule has 1 unspecified atom stereocenters. The van der Waals surface area contributed by atoms with E-state index in [1.54, 1.807) is 9.12 Å². The van der Waals surface area contributed by atoms with E-state index in [9.17, 15) is 0 Å². The molecule has 160 valence electrons. The van der Waals surface area contributed by atoms with Crippen LogP contribution in [0.4, 0.5) is 5.82 Å². The molecule has 1 aliphatic rings. The van der Waals surface area contributed by atoms with Crippen molar-refractivity contribution in [1.82, 2.24) is 28.7 Å². The minimum Gasteiger partial charge on any atom is -0.377 e. The van der Waals surface area contributed by atoms with Crippen molar-refractivity contribution in [3.05, 3.63) is 42.9 Å². The fraction of sp³-hybridized carbons (Fsp3) is 0.333. The van der Waals surface area contributed by atoms with E-state index < -0.39 is 0 Å². The highest BCUT2D eigenvalue weighted by molar-refractivity contribution is 14.2. The Bertz CT molecular complexity index is 1220. The van der Waals surface area contributed by atoms with Crippen molar-refractivity contribution in [3.8, 4) is 22.8 Å². The summed E-state index contributed by atoms with van der Waals surface area (Å²) in [5.41, 5.74) is 3.73. The largest absolute Gasteiger partial charge is 0.377 e. The second-order valence-corrected chi connectivity index (χ2v) is 9.10. The van der Waals surface area contributed by atoms with Crippen LogP contribution in [0.1, 0.15) is 13.8 Å². The second-order valence-electron chi connectivity index (χ2n) is 7.39. The normalized spacial score (nSPS) is 16.9. The topological polar surface area (TPSA) is 73.9 Å². The van der Waals surface area contributed by atoms with E-state index in [2.05, 4.69) is 62.2 Å². The van der Waals surface area contributed by atoms with Gasteiger partial charge in [0.25, 0.3) is 0 Å². The lowest BCUT2D eigenvalue weighted by Gasteiger charge is -2.34. The van der Waals surface area contributed by atoms with E-state index in [0.29, 0.717) is 19.0 Å². The lowest BCUT2D eigenvalue weighted by atomic mass is 10.1. The number of halogens is 1. The fourth-order valence-electron chi connectivity index (χ4n) is 3.97. The average molecular weight is 547 g/mol. The summed E-state index contributed by atoms with van der Waals surface area (Å²) in [4.78, 5) is 16.9. The van der Waals surface area contributed by atoms with E-state index in [1.165, 1.54) is 0 Å². The Hall–Kier alpha value is -2.18. The minimum absolute atomic E-state index is 0.245. The SMILES string of the molecule is CCn1nccc1-c1cc(N2CCOCC2C)nc(-c2ccnc3c2ccn3SI)n1. The molecule has 31 heavy (non-hydrogen) atoms. The number of anilines is 1. The first kappa shape index (κ1) is 20.7. The summed E-state index contributed by atoms with van der Waals surface area (Å²) in [5, 5.41) is 5.48. The monoisotopic (exact) mass is 547 g/mol. The van der Waals surface area contributed by atoms with Gasteiger partial charge in [-0.2, -0.15) is 5.10 Å². The lowest BCUT2D eigenvalue weighted by Crippen LogP contribution is -2.44. The van der Waals surface area contributed by atoms with Crippen LogP contribution in [0, 0.1) is 0 Å². The van der Waals surface area contributed by atoms with Crippen LogP contribution >= 0.6 is 30.3 Å². The van der Waals surface area contributed by atoms with Crippen molar-refractivity contribution in [2.75, 3.05) is 24.7 Å². The van der Waals surface area contributed by atoms with Crippen LogP contribution in [0.15, 0.2) is 42.9 Å². The predicted molar refractivity (Wildman–Crippen MR) is 132 cm³/mol. The highest BCUT2D eigenvalue weighted by Crippen LogP contribution is 2.33. The predicted octanol–water partition coefficient (Wildman–Crippen LogP) is 4.45. The third kappa shape index (κ3) is 3.80. The standard InChI is InChI=1S/C21H22IN7OS/c1-3-28-18(5-8-24-28)17-12-19(27-10-11-30-13-14(27)2)26-20(25-17)15-4-7-23-21-16(15)6-9-29(21)31-22/h4-9,12,14H,3,10-11,13H2,1-2H3. The first-order valence-corrected chi connectivity index (χ1v) is 13.5. The van der Waals surface area contributed by atoms with Crippen LogP contribution in [0.25, 0.3) is 33.8 Å². The maximum Gasteiger partial charge on any atom is 0.163 e. The molecule has 1 aliphatic heterocycles. The van der Waals surface area contributed by atoms with Crippen LogP contribution in [-0.4, -0.2) is 54.5 Å². The van der Waals surface area contributed by atoms with Crippen LogP contribution in [0.3, 0.4) is 0 Å². The molecule has 1 saturated heterocycles. The highest BCUT2D eigenvalue weighted by Gasteiger charge is 2.23. The number of hydrogen-bond donors (Lipinski definition) is 0. The van der Waals surface area contributed by atoms with Crippen molar-refractivity contribution in [2.24, 2.45) is 0 Å². The Kier molecular flexibility index (Phi) is 5.85. The van der Waals surface area contributed by atoms with Gasteiger partial charge < -0.3 is 9.64 Å². The number of nitrogens with zero attached hydrogens (tertiary/aromatic N) is 7. The van der Waals surface area contributed by atoms with Crippen molar-refractivity contribution in [3.63, 3.8) is 0 Å². The van der Waals surface area contributed by atoms with E-state index in [0.717, 1.165) is 46.9 Å². The molecule has 0 aromatic carbocycles. The van der Waals surface area contributed by atoms with Gasteiger partial charge in [0.05, 0.1) is 30.6 Å². The molecule has 1 atom stereocenters. The highest BCUT2D eigenvalue weighted by atomic mass is 127. The Balaban J connectivity index is 1.71. The molecule has 0 aliphatic carbocycles. The number of fused-ring (bicyclic) bond motifs is 1. The molecule has 1 fully saturated rings. The number of ether oxygens (including phenoxy) is 1. The molecule has 0 amide bonds. The lowest BCUT2D eigenvalue weighted by molar-refractivity contribution is 0.0985. The van der Waals surface area contributed by atoms with Gasteiger partial charge in [-0.15, -0.1) is 0 Å². The number of aromatic nitrogens is 6. The number of pyridine rings is 1. The molecule has 0 bridgehead atoms. The summed E-state index contributed by atoms with van der Waals surface area (Å²) in [7, 11) is 1.59. The molecule has 5 heterocycles. The van der Waals surface area contributed by atoms with Crippen molar-refractivity contribution in [1.29, 1.82) is 0 Å². The van der Waals surface area contributed by atoms with E-state index >= 15 is 0 Å². The third-order valence-corrected chi connectivity index (χ3v) is 7.24. The maximum atomic E-state index is 5.65. The molecule has 0 radical (unpaired) electrons. The molecule has 8 nitrogen and oxygen atoms in total. The molecule has 4 aromatic rings. The molecule has 0 spiro atoms. The summed E-state index contributed by atoms with van der Waals surface area (Å²) in [6.45, 7) is 7.22. The number of aryl methyl sites for hydroxylation is 1. The Morgan fingerprint density at radius 2 is 2.13 bits per heavy atom. The fourth-order valence-corrected chi connectivity index (χ4v) is 5.24. The number of rotatable bonds is 5. The molecule has 10 heteroatoms. The summed E-state index contributed by atoms with van der Waals surface area (Å²) in [6.07, 6.45) is 5.67. The number of morpholine rings is 1. The van der Waals surface area contributed by atoms with Crippen molar-refractivity contribution in [2.45, 2.75) is 26.4 Å². The zero-order chi connectivity index (χ0) is 21.4. The first-order valence-electron chi connectivity index (χ1n) is 10.2. The zero-order valence-electron chi connectivity index (χ0n) is 17.3. The Labute approximate surface area is 196 Å². The molecule has 0 saturated carbocycles. The van der Waals surface area contributed by atoms with Crippen molar-refractivity contribution >= 4 is 47.2 Å². The molecule has 4 aromatic heterocycles. The van der Waals surface area contributed by atoms with E-state index in [4.69, 9.17) is 14.7 Å². The molecular weight excluding hydrogens is 525 g/mol. The first-order chi connectivity index (χ1) is 15.2. The summed E-state index contributed by atoms with van der Waals surface area (Å²) in [6, 6.07) is 8.39. The van der Waals surface area contributed by atoms with E-state index in [1.807, 2.05) is 39.4 Å². The van der Waals surface area contributed by atoms with Gasteiger partial charge in [-0.05, 0) is 32.0 Å². The Morgan fingerprint density at radius 3 is 2.94 bits per heavy atom. The third-order valence-electron chi connectivity index (χ3n) is 5.52. The van der Waals surface area contributed by atoms with Crippen molar-refractivity contribution < 1.29 is 4.74 Å². The average Bonchev–Trinajstić information content (AvgIpc) is 3.45. The smallest absolute Gasteiger partial charge is 0.163 e. The van der Waals surface area contributed by atoms with Gasteiger partial charge in [-0.25, -0.2) is 15.0 Å². The van der Waals surface area contributed by atoms with Gasteiger partial charge in [0, 0.05) is 79.0 Å². The summed E-state index contributed by atoms with van der Waals surface area (Å²) < 4.78 is 9.65. The summed E-state index contributed by atoms with van der Waals surface area (Å²) >= 11 is 2.26. The van der Waals surface area contributed by atoms with Gasteiger partial charge in [0.1, 0.15) is 5.82 Å². The van der Waals surface area contributed by atoms with Gasteiger partial charge in [-0.1, -0.05) is 0 Å². The van der Waals surface area contributed by atoms with Crippen LogP contribution < -0.4 is 4.90 Å². The van der Waals surface area contributed by atoms with Gasteiger partial charge in [0.15, 0.2) is 11.5 Å². The second kappa shape index (κ2) is 8.75. The van der Waals surface area contributed by atoms with Gasteiger partial charge in [-0.3, -0.25) is 8.65 Å². The van der Waals surface area contributed by atoms with E-state index in [-0.39, 0.29) is 6.04 Å². The quantitative estimate of drug-likeness (QED) is 0.342. The van der Waals surface area contributed by atoms with Crippen LogP contribution in [0.2, 0.25) is 0 Å². The number of hydrogen-bond acceptors (Lipinski definition) is 7. The van der Waals surface area contributed by atoms with Crippen LogP contribution in [0.5, 0.6) is 0 Å². The van der Waals surface area contributed by atoms with Crippen LogP contribution in [-0.2, 0) is 11.3 Å². The minimum atomic E-state index is 0.245. The molecule has 5 rings (SSSR count). The molecule has 0 N–H and O–H groups in total. The Morgan fingerprint density at radius 1 is 1.23 bits per heavy atom. The van der Waals surface area contributed by atoms with Gasteiger partial charge >= 0.3 is 0 Å². The zero-order valence-corrected chi connectivity index (χ0v) is 20.2. The molecular formula is C21H22IN7OS. The maximum absolute atomic E-state index is 5.65. The summed E-state index contributed by atoms with van der Waals surface area (Å²) in [5.74, 6) is 1.60.